The zero-order valence-corrected chi connectivity index (χ0v) is 10.6. The molecular formula is C14H12O5. The molecule has 0 aliphatic carbocycles. The summed E-state index contributed by atoms with van der Waals surface area (Å²) in [6, 6.07) is 5.91. The Morgan fingerprint density at radius 3 is 2.53 bits per heavy atom. The van der Waals surface area contributed by atoms with Gasteiger partial charge in [-0.15, -0.1) is 0 Å². The number of ketones is 1. The van der Waals surface area contributed by atoms with Gasteiger partial charge in [-0.25, -0.2) is 9.59 Å². The van der Waals surface area contributed by atoms with E-state index in [1.54, 1.807) is 19.1 Å². The Labute approximate surface area is 108 Å². The average Bonchev–Trinajstić information content (AvgIpc) is 2.37. The summed E-state index contributed by atoms with van der Waals surface area (Å²) in [4.78, 5) is 34.8. The smallest absolute Gasteiger partial charge is 0.338 e. The van der Waals surface area contributed by atoms with Crippen LogP contribution in [0.2, 0.25) is 0 Å². The Bertz CT molecular complexity index is 711. The first-order chi connectivity index (χ1) is 9.04. The fourth-order valence-corrected chi connectivity index (χ4v) is 1.86. The lowest BCUT2D eigenvalue weighted by Crippen LogP contribution is -2.11. The van der Waals surface area contributed by atoms with Crippen molar-refractivity contribution in [3.05, 3.63) is 45.8 Å². The Morgan fingerprint density at radius 2 is 1.89 bits per heavy atom. The van der Waals surface area contributed by atoms with E-state index in [0.29, 0.717) is 5.39 Å². The molecule has 2 aromatic rings. The van der Waals surface area contributed by atoms with Crippen LogP contribution in [0.25, 0.3) is 11.0 Å². The van der Waals surface area contributed by atoms with Crippen molar-refractivity contribution in [2.24, 2.45) is 0 Å². The fourth-order valence-electron chi connectivity index (χ4n) is 1.86. The van der Waals surface area contributed by atoms with E-state index in [1.165, 1.54) is 19.1 Å². The highest BCUT2D eigenvalue weighted by molar-refractivity contribution is 6.12. The van der Waals surface area contributed by atoms with Crippen LogP contribution in [0.3, 0.4) is 0 Å². The summed E-state index contributed by atoms with van der Waals surface area (Å²) in [7, 11) is 0. The maximum absolute atomic E-state index is 11.8. The van der Waals surface area contributed by atoms with Crippen molar-refractivity contribution in [1.82, 2.24) is 0 Å². The topological polar surface area (TPSA) is 73.6 Å². The molecule has 5 nitrogen and oxygen atoms in total. The van der Waals surface area contributed by atoms with E-state index in [0.717, 1.165) is 0 Å². The number of fused-ring (bicyclic) bond motifs is 1. The van der Waals surface area contributed by atoms with E-state index in [-0.39, 0.29) is 29.1 Å². The maximum Gasteiger partial charge on any atom is 0.338 e. The third-order valence-electron chi connectivity index (χ3n) is 2.64. The molecule has 98 valence electrons. The van der Waals surface area contributed by atoms with E-state index in [2.05, 4.69) is 0 Å². The number of esters is 1. The summed E-state index contributed by atoms with van der Waals surface area (Å²) in [6.07, 6.45) is 0. The Kier molecular flexibility index (Phi) is 3.46. The molecule has 0 radical (unpaired) electrons. The summed E-state index contributed by atoms with van der Waals surface area (Å²) < 4.78 is 9.93. The second-order valence-electron chi connectivity index (χ2n) is 3.94. The molecule has 0 saturated carbocycles. The van der Waals surface area contributed by atoms with Crippen molar-refractivity contribution < 1.29 is 18.7 Å². The first kappa shape index (κ1) is 13.0. The zero-order chi connectivity index (χ0) is 14.0. The van der Waals surface area contributed by atoms with Crippen molar-refractivity contribution >= 4 is 22.7 Å². The predicted octanol–water partition coefficient (Wildman–Crippen LogP) is 2.17. The molecule has 1 heterocycles. The number of rotatable bonds is 3. The van der Waals surface area contributed by atoms with E-state index in [1.807, 2.05) is 0 Å². The standard InChI is InChI=1S/C14H12O5/c1-3-18-14(17)10-6-4-9-5-7-11(16)19-13(9)12(10)8(2)15/h4-7H,3H2,1-2H3. The van der Waals surface area contributed by atoms with Crippen LogP contribution in [0.4, 0.5) is 0 Å². The lowest BCUT2D eigenvalue weighted by atomic mass is 10.0. The number of Topliss-reactive ketones (excluding diaryl/α,β-unsaturated/α-hetero) is 1. The van der Waals surface area contributed by atoms with Gasteiger partial charge in [-0.05, 0) is 26.0 Å². The first-order valence-corrected chi connectivity index (χ1v) is 5.79. The van der Waals surface area contributed by atoms with Crippen LogP contribution in [-0.2, 0) is 4.74 Å². The number of ether oxygens (including phenoxy) is 1. The second-order valence-corrected chi connectivity index (χ2v) is 3.94. The van der Waals surface area contributed by atoms with Crippen LogP contribution in [-0.4, -0.2) is 18.4 Å². The van der Waals surface area contributed by atoms with Crippen molar-refractivity contribution in [1.29, 1.82) is 0 Å². The molecule has 0 aliphatic heterocycles. The third kappa shape index (κ3) is 2.40. The molecular weight excluding hydrogens is 248 g/mol. The minimum absolute atomic E-state index is 0.0775. The van der Waals surface area contributed by atoms with E-state index in [9.17, 15) is 14.4 Å². The van der Waals surface area contributed by atoms with Gasteiger partial charge in [0.15, 0.2) is 5.78 Å². The zero-order valence-electron chi connectivity index (χ0n) is 10.6. The van der Waals surface area contributed by atoms with Crippen LogP contribution in [0.15, 0.2) is 33.5 Å². The van der Waals surface area contributed by atoms with Crippen LogP contribution < -0.4 is 5.63 Å². The van der Waals surface area contributed by atoms with Crippen molar-refractivity contribution in [3.63, 3.8) is 0 Å². The minimum Gasteiger partial charge on any atom is -0.462 e. The number of benzene rings is 1. The normalized spacial score (nSPS) is 10.4. The van der Waals surface area contributed by atoms with Crippen LogP contribution in [0.1, 0.15) is 34.6 Å². The molecule has 0 saturated heterocycles. The average molecular weight is 260 g/mol. The largest absolute Gasteiger partial charge is 0.462 e. The molecule has 0 unspecified atom stereocenters. The third-order valence-corrected chi connectivity index (χ3v) is 2.64. The number of carbonyl (C=O) groups excluding carboxylic acids is 2. The van der Waals surface area contributed by atoms with Gasteiger partial charge < -0.3 is 9.15 Å². The highest BCUT2D eigenvalue weighted by atomic mass is 16.5. The Hall–Kier alpha value is -2.43. The van der Waals surface area contributed by atoms with Gasteiger partial charge >= 0.3 is 11.6 Å². The van der Waals surface area contributed by atoms with Crippen molar-refractivity contribution in [2.45, 2.75) is 13.8 Å². The highest BCUT2D eigenvalue weighted by Gasteiger charge is 2.20. The van der Waals surface area contributed by atoms with Gasteiger partial charge in [-0.2, -0.15) is 0 Å². The molecule has 0 aliphatic rings. The van der Waals surface area contributed by atoms with Gasteiger partial charge in [0.05, 0.1) is 17.7 Å². The summed E-state index contributed by atoms with van der Waals surface area (Å²) in [5.41, 5.74) is -0.272. The van der Waals surface area contributed by atoms with Crippen molar-refractivity contribution in [2.75, 3.05) is 6.61 Å². The lowest BCUT2D eigenvalue weighted by Gasteiger charge is -2.08. The van der Waals surface area contributed by atoms with E-state index in [4.69, 9.17) is 9.15 Å². The quantitative estimate of drug-likeness (QED) is 0.480. The monoisotopic (exact) mass is 260 g/mol. The molecule has 0 fully saturated rings. The molecule has 0 amide bonds. The molecule has 5 heteroatoms. The predicted molar refractivity (Wildman–Crippen MR) is 68.4 cm³/mol. The molecule has 0 spiro atoms. The van der Waals surface area contributed by atoms with Gasteiger partial charge in [0.1, 0.15) is 5.58 Å². The van der Waals surface area contributed by atoms with Crippen LogP contribution in [0, 0.1) is 0 Å². The minimum atomic E-state index is -0.610. The molecule has 0 N–H and O–H groups in total. The summed E-state index contributed by atoms with van der Waals surface area (Å²) in [6.45, 7) is 3.18. The Balaban J connectivity index is 2.78. The lowest BCUT2D eigenvalue weighted by molar-refractivity contribution is 0.0523. The number of hydrogen-bond donors (Lipinski definition) is 0. The SMILES string of the molecule is CCOC(=O)c1ccc2ccc(=O)oc2c1C(C)=O. The van der Waals surface area contributed by atoms with E-state index < -0.39 is 11.6 Å². The summed E-state index contributed by atoms with van der Waals surface area (Å²) >= 11 is 0. The fraction of sp³-hybridized carbons (Fsp3) is 0.214. The molecule has 0 bridgehead atoms. The molecule has 1 aromatic carbocycles. The highest BCUT2D eigenvalue weighted by Crippen LogP contribution is 2.22. The first-order valence-electron chi connectivity index (χ1n) is 5.79. The van der Waals surface area contributed by atoms with Crippen molar-refractivity contribution in [3.8, 4) is 0 Å². The van der Waals surface area contributed by atoms with Gasteiger partial charge in [-0.1, -0.05) is 6.07 Å². The molecule has 19 heavy (non-hydrogen) atoms. The summed E-state index contributed by atoms with van der Waals surface area (Å²) in [5, 5.41) is 0.581. The van der Waals surface area contributed by atoms with Crippen LogP contribution >= 0.6 is 0 Å². The molecule has 2 rings (SSSR count). The molecule has 0 atom stereocenters. The Morgan fingerprint density at radius 1 is 1.21 bits per heavy atom. The van der Waals surface area contributed by atoms with Gasteiger partial charge in [-0.3, -0.25) is 4.79 Å². The summed E-state index contributed by atoms with van der Waals surface area (Å²) in [5.74, 6) is -0.968. The maximum atomic E-state index is 11.8. The van der Waals surface area contributed by atoms with Gasteiger partial charge in [0.2, 0.25) is 0 Å². The van der Waals surface area contributed by atoms with Crippen LogP contribution in [0.5, 0.6) is 0 Å². The van der Waals surface area contributed by atoms with E-state index >= 15 is 0 Å². The number of hydrogen-bond acceptors (Lipinski definition) is 5. The van der Waals surface area contributed by atoms with Gasteiger partial charge in [0, 0.05) is 11.5 Å². The second kappa shape index (κ2) is 5.06. The number of carbonyl (C=O) groups is 2. The molecule has 1 aromatic heterocycles. The van der Waals surface area contributed by atoms with Gasteiger partial charge in [0.25, 0.3) is 0 Å².